The van der Waals surface area contributed by atoms with E-state index in [1.54, 1.807) is 10.9 Å². The van der Waals surface area contributed by atoms with E-state index in [1.165, 1.54) is 12.8 Å². The maximum atomic E-state index is 13.5. The van der Waals surface area contributed by atoms with Gasteiger partial charge in [0.25, 0.3) is 5.91 Å². The molecule has 0 atom stereocenters. The highest BCUT2D eigenvalue weighted by Gasteiger charge is 2.31. The lowest BCUT2D eigenvalue weighted by molar-refractivity contribution is -0.127. The van der Waals surface area contributed by atoms with Gasteiger partial charge in [-0.15, -0.1) is 0 Å². The summed E-state index contributed by atoms with van der Waals surface area (Å²) in [5.41, 5.74) is 1.47. The van der Waals surface area contributed by atoms with Gasteiger partial charge in [-0.05, 0) is 49.9 Å². The monoisotopic (exact) mass is 431 g/mol. The Bertz CT molecular complexity index is 1060. The number of benzene rings is 1. The van der Waals surface area contributed by atoms with Gasteiger partial charge in [-0.25, -0.2) is 4.68 Å². The van der Waals surface area contributed by atoms with E-state index >= 15 is 0 Å². The molecular weight excluding hydrogens is 402 g/mol. The largest absolute Gasteiger partial charge is 0.353 e. The minimum Gasteiger partial charge on any atom is -0.353 e. The Morgan fingerprint density at radius 3 is 2.28 bits per heavy atom. The Kier molecular flexibility index (Phi) is 5.79. The van der Waals surface area contributed by atoms with Gasteiger partial charge < -0.3 is 14.8 Å². The first-order valence-corrected chi connectivity index (χ1v) is 11.6. The molecule has 1 aliphatic heterocycles. The van der Waals surface area contributed by atoms with Crippen LogP contribution in [0.15, 0.2) is 61.1 Å². The minimum atomic E-state index is -0.0365. The van der Waals surface area contributed by atoms with Gasteiger partial charge in [0.05, 0.1) is 11.9 Å². The number of hydrogen-bond donors (Lipinski definition) is 1. The number of aromatic nitrogens is 3. The van der Waals surface area contributed by atoms with Gasteiger partial charge in [0, 0.05) is 37.4 Å². The van der Waals surface area contributed by atoms with E-state index in [-0.39, 0.29) is 17.7 Å². The topological polar surface area (TPSA) is 72.2 Å². The van der Waals surface area contributed by atoms with Gasteiger partial charge in [-0.2, -0.15) is 5.10 Å². The van der Waals surface area contributed by atoms with Crippen molar-refractivity contribution in [3.8, 4) is 11.5 Å². The molecule has 1 aliphatic carbocycles. The number of carbonyl (C=O) groups excluding carboxylic acids is 2. The quantitative estimate of drug-likeness (QED) is 0.671. The molecule has 1 saturated carbocycles. The summed E-state index contributed by atoms with van der Waals surface area (Å²) >= 11 is 0. The fourth-order valence-electron chi connectivity index (χ4n) is 4.88. The Morgan fingerprint density at radius 2 is 1.59 bits per heavy atom. The maximum absolute atomic E-state index is 13.5. The number of nitrogens with one attached hydrogen (secondary N) is 1. The number of amides is 2. The van der Waals surface area contributed by atoms with Crippen molar-refractivity contribution in [3.63, 3.8) is 0 Å². The number of hydrogen-bond acceptors (Lipinski definition) is 3. The second-order valence-corrected chi connectivity index (χ2v) is 8.78. The van der Waals surface area contributed by atoms with Crippen molar-refractivity contribution in [2.24, 2.45) is 5.92 Å². The summed E-state index contributed by atoms with van der Waals surface area (Å²) in [5, 5.41) is 7.76. The molecule has 0 bridgehead atoms. The molecule has 2 fully saturated rings. The number of rotatable bonds is 5. The molecule has 166 valence electrons. The first-order chi connectivity index (χ1) is 15.7. The van der Waals surface area contributed by atoms with Crippen LogP contribution in [-0.2, 0) is 4.79 Å². The summed E-state index contributed by atoms with van der Waals surface area (Å²) in [6, 6.07) is 14.0. The molecule has 2 aliphatic rings. The fraction of sp³-hybridized carbons (Fsp3) is 0.400. The van der Waals surface area contributed by atoms with Gasteiger partial charge in [-0.1, -0.05) is 31.0 Å². The molecule has 2 aromatic heterocycles. The summed E-state index contributed by atoms with van der Waals surface area (Å²) in [5.74, 6) is 0.849. The molecular formula is C25H29N5O2. The summed E-state index contributed by atoms with van der Waals surface area (Å²) in [6.07, 6.45) is 11.5. The first-order valence-electron chi connectivity index (χ1n) is 11.6. The van der Waals surface area contributed by atoms with Crippen LogP contribution in [0.5, 0.6) is 0 Å². The molecule has 7 nitrogen and oxygen atoms in total. The molecule has 1 aromatic carbocycles. The third-order valence-corrected chi connectivity index (χ3v) is 6.68. The number of nitrogens with zero attached hydrogens (tertiary/aromatic N) is 4. The Morgan fingerprint density at radius 1 is 0.906 bits per heavy atom. The molecule has 1 saturated heterocycles. The fourth-order valence-corrected chi connectivity index (χ4v) is 4.88. The molecule has 7 heteroatoms. The molecule has 0 unspecified atom stereocenters. The van der Waals surface area contributed by atoms with Crippen LogP contribution in [0.3, 0.4) is 0 Å². The first kappa shape index (κ1) is 20.5. The van der Waals surface area contributed by atoms with Crippen molar-refractivity contribution in [2.75, 3.05) is 13.1 Å². The Balaban J connectivity index is 1.32. The molecule has 0 radical (unpaired) electrons. The van der Waals surface area contributed by atoms with E-state index < -0.39 is 0 Å². The van der Waals surface area contributed by atoms with E-state index in [0.717, 1.165) is 24.3 Å². The lowest BCUT2D eigenvalue weighted by Crippen LogP contribution is -2.45. The highest BCUT2D eigenvalue weighted by Crippen LogP contribution is 2.25. The Labute approximate surface area is 188 Å². The van der Waals surface area contributed by atoms with Crippen LogP contribution in [0, 0.1) is 5.92 Å². The number of para-hydroxylation sites is 1. The predicted molar refractivity (Wildman–Crippen MR) is 122 cm³/mol. The van der Waals surface area contributed by atoms with Gasteiger partial charge in [0.2, 0.25) is 5.91 Å². The molecule has 2 amide bonds. The summed E-state index contributed by atoms with van der Waals surface area (Å²) in [6.45, 7) is 1.17. The second kappa shape index (κ2) is 9.02. The van der Waals surface area contributed by atoms with Gasteiger partial charge >= 0.3 is 0 Å². The van der Waals surface area contributed by atoms with Crippen LogP contribution < -0.4 is 5.32 Å². The number of piperidine rings is 1. The molecule has 3 heterocycles. The molecule has 1 N–H and O–H groups in total. The highest BCUT2D eigenvalue weighted by atomic mass is 16.2. The third kappa shape index (κ3) is 4.07. The predicted octanol–water partition coefficient (Wildman–Crippen LogP) is 3.57. The van der Waals surface area contributed by atoms with E-state index in [1.807, 2.05) is 64.3 Å². The molecule has 32 heavy (non-hydrogen) atoms. The van der Waals surface area contributed by atoms with Crippen molar-refractivity contribution in [2.45, 2.75) is 44.6 Å². The van der Waals surface area contributed by atoms with E-state index in [2.05, 4.69) is 10.4 Å². The van der Waals surface area contributed by atoms with Crippen molar-refractivity contribution < 1.29 is 9.59 Å². The van der Waals surface area contributed by atoms with E-state index in [4.69, 9.17) is 0 Å². The lowest BCUT2D eigenvalue weighted by atomic mass is 9.95. The SMILES string of the molecule is O=C(NC1CCCC1)C1CCN(C(=O)c2cnn(-c3ccccc3)c2-n2cccc2)CC1. The minimum absolute atomic E-state index is 0.00406. The van der Waals surface area contributed by atoms with Crippen molar-refractivity contribution in [1.82, 2.24) is 24.6 Å². The molecule has 3 aromatic rings. The number of likely N-dealkylation sites (tertiary alicyclic amines) is 1. The van der Waals surface area contributed by atoms with Gasteiger partial charge in [0.15, 0.2) is 5.82 Å². The summed E-state index contributed by atoms with van der Waals surface area (Å²) in [7, 11) is 0. The van der Waals surface area contributed by atoms with Crippen LogP contribution in [0.1, 0.15) is 48.9 Å². The average Bonchev–Trinajstić information content (AvgIpc) is 3.61. The van der Waals surface area contributed by atoms with E-state index in [9.17, 15) is 9.59 Å². The third-order valence-electron chi connectivity index (χ3n) is 6.68. The van der Waals surface area contributed by atoms with Gasteiger partial charge in [-0.3, -0.25) is 9.59 Å². The van der Waals surface area contributed by atoms with Crippen LogP contribution in [-0.4, -0.2) is 50.2 Å². The van der Waals surface area contributed by atoms with Crippen LogP contribution >= 0.6 is 0 Å². The van der Waals surface area contributed by atoms with Crippen LogP contribution in [0.25, 0.3) is 11.5 Å². The smallest absolute Gasteiger partial charge is 0.259 e. The molecule has 0 spiro atoms. The zero-order valence-electron chi connectivity index (χ0n) is 18.2. The average molecular weight is 432 g/mol. The zero-order chi connectivity index (χ0) is 21.9. The normalized spacial score (nSPS) is 17.6. The van der Waals surface area contributed by atoms with Gasteiger partial charge in [0.1, 0.15) is 5.56 Å². The number of carbonyl (C=O) groups is 2. The lowest BCUT2D eigenvalue weighted by Gasteiger charge is -2.32. The molecule has 5 rings (SSSR count). The standard InChI is InChI=1S/C25H29N5O2/c31-23(27-20-8-4-5-9-20)19-12-16-29(17-13-19)25(32)22-18-26-30(21-10-2-1-3-11-21)24(22)28-14-6-7-15-28/h1-3,6-7,10-11,14-15,18-20H,4-5,8-9,12-13,16-17H2,(H,27,31). The second-order valence-electron chi connectivity index (χ2n) is 8.78. The van der Waals surface area contributed by atoms with Crippen molar-refractivity contribution in [1.29, 1.82) is 0 Å². The van der Waals surface area contributed by atoms with Crippen molar-refractivity contribution in [3.05, 3.63) is 66.6 Å². The zero-order valence-corrected chi connectivity index (χ0v) is 18.2. The maximum Gasteiger partial charge on any atom is 0.259 e. The summed E-state index contributed by atoms with van der Waals surface area (Å²) in [4.78, 5) is 28.0. The van der Waals surface area contributed by atoms with Crippen LogP contribution in [0.2, 0.25) is 0 Å². The van der Waals surface area contributed by atoms with E-state index in [0.29, 0.717) is 37.5 Å². The van der Waals surface area contributed by atoms with Crippen LogP contribution in [0.4, 0.5) is 0 Å². The highest BCUT2D eigenvalue weighted by molar-refractivity contribution is 5.97. The van der Waals surface area contributed by atoms with Crippen molar-refractivity contribution >= 4 is 11.8 Å². The summed E-state index contributed by atoms with van der Waals surface area (Å²) < 4.78 is 3.73. The Hall–Kier alpha value is -3.35.